The Morgan fingerprint density at radius 2 is 1.67 bits per heavy atom. The monoisotopic (exact) mass is 615 g/mol. The van der Waals surface area contributed by atoms with E-state index in [-0.39, 0.29) is 41.4 Å². The van der Waals surface area contributed by atoms with Gasteiger partial charge in [0.25, 0.3) is 5.91 Å². The van der Waals surface area contributed by atoms with E-state index >= 15 is 4.39 Å². The molecule has 2 aliphatic heterocycles. The lowest BCUT2D eigenvalue weighted by Crippen LogP contribution is -2.35. The molecule has 1 amide bonds. The normalized spacial score (nSPS) is 17.2. The summed E-state index contributed by atoms with van der Waals surface area (Å²) in [6, 6.07) is 17.9. The Morgan fingerprint density at radius 3 is 2.24 bits per heavy atom. The van der Waals surface area contributed by atoms with E-state index < -0.39 is 30.0 Å². The number of hydrogen-bond acceptors (Lipinski definition) is 6. The average Bonchev–Trinajstić information content (AvgIpc) is 3.29. The number of halogens is 3. The van der Waals surface area contributed by atoms with Crippen LogP contribution in [0.3, 0.4) is 0 Å². The lowest BCUT2D eigenvalue weighted by molar-refractivity contribution is -0.145. The summed E-state index contributed by atoms with van der Waals surface area (Å²) < 4.78 is 31.4. The van der Waals surface area contributed by atoms with E-state index in [1.165, 1.54) is 24.1 Å². The van der Waals surface area contributed by atoms with Crippen LogP contribution in [-0.2, 0) is 19.0 Å². The van der Waals surface area contributed by atoms with Crippen molar-refractivity contribution in [1.82, 2.24) is 4.90 Å². The molecule has 10 heteroatoms. The predicted octanol–water partition coefficient (Wildman–Crippen LogP) is 7.22. The minimum atomic E-state index is -1.08. The number of fused-ring (bicyclic) bond motifs is 1. The first-order valence-electron chi connectivity index (χ1n) is 13.7. The van der Waals surface area contributed by atoms with Crippen molar-refractivity contribution >= 4 is 40.9 Å². The fraction of sp³-hybridized carbons (Fsp3) is 0.344. The second-order valence-corrected chi connectivity index (χ2v) is 10.7. The number of benzene rings is 3. The molecule has 2 atom stereocenters. The van der Waals surface area contributed by atoms with E-state index in [4.69, 9.17) is 37.4 Å². The summed E-state index contributed by atoms with van der Waals surface area (Å²) in [5, 5.41) is 1.28. The van der Waals surface area contributed by atoms with Crippen LogP contribution in [0.25, 0.3) is 0 Å². The second kappa shape index (κ2) is 14.7. The number of ketones is 1. The van der Waals surface area contributed by atoms with E-state index in [9.17, 15) is 14.4 Å². The molecule has 0 radical (unpaired) electrons. The van der Waals surface area contributed by atoms with E-state index in [0.717, 1.165) is 5.02 Å². The van der Waals surface area contributed by atoms with E-state index in [1.807, 2.05) is 30.3 Å². The number of methoxy groups -OCH3 is 1. The molecule has 0 N–H and O–H groups in total. The predicted molar refractivity (Wildman–Crippen MR) is 157 cm³/mol. The summed E-state index contributed by atoms with van der Waals surface area (Å²) in [5.41, 5.74) is 0.857. The van der Waals surface area contributed by atoms with Gasteiger partial charge in [-0.25, -0.2) is 4.39 Å². The molecule has 42 heavy (non-hydrogen) atoms. The molecule has 1 saturated heterocycles. The van der Waals surface area contributed by atoms with Gasteiger partial charge < -0.3 is 19.1 Å². The van der Waals surface area contributed by atoms with Gasteiger partial charge in [-0.2, -0.15) is 0 Å². The van der Waals surface area contributed by atoms with Crippen LogP contribution >= 0.6 is 23.2 Å². The molecule has 0 unspecified atom stereocenters. The van der Waals surface area contributed by atoms with Gasteiger partial charge in [0.15, 0.2) is 12.0 Å². The maximum absolute atomic E-state index is 15.4. The van der Waals surface area contributed by atoms with E-state index in [0.29, 0.717) is 36.6 Å². The lowest BCUT2D eigenvalue weighted by Gasteiger charge is -2.32. The molecule has 3 aromatic rings. The summed E-state index contributed by atoms with van der Waals surface area (Å²) in [6.07, 6.45) is -0.142. The minimum Gasteiger partial charge on any atom is -0.466 e. The zero-order valence-electron chi connectivity index (χ0n) is 23.4. The van der Waals surface area contributed by atoms with Crippen LogP contribution in [0, 0.1) is 11.7 Å². The third-order valence-electron chi connectivity index (χ3n) is 7.18. The first-order valence-corrected chi connectivity index (χ1v) is 14.4. The van der Waals surface area contributed by atoms with Crippen LogP contribution in [-0.4, -0.2) is 49.5 Å². The van der Waals surface area contributed by atoms with Gasteiger partial charge in [-0.1, -0.05) is 53.5 Å². The quantitative estimate of drug-likeness (QED) is 0.196. The molecular weight excluding hydrogens is 584 g/mol. The minimum absolute atomic E-state index is 0.0452. The molecule has 0 aromatic heterocycles. The van der Waals surface area contributed by atoms with Crippen molar-refractivity contribution < 1.29 is 33.0 Å². The molecule has 3 aromatic carbocycles. The maximum atomic E-state index is 15.4. The van der Waals surface area contributed by atoms with Crippen LogP contribution in [0.4, 0.5) is 4.39 Å². The fourth-order valence-corrected chi connectivity index (χ4v) is 5.43. The number of esters is 1. The van der Waals surface area contributed by atoms with Gasteiger partial charge >= 0.3 is 5.97 Å². The number of amides is 1. The molecule has 5 rings (SSSR count). The summed E-state index contributed by atoms with van der Waals surface area (Å²) in [6.45, 7) is 2.81. The van der Waals surface area contributed by atoms with Crippen molar-refractivity contribution in [1.29, 1.82) is 0 Å². The standard InChI is InChI=1S/C26H27ClFNO6.C6H5Cl/c1-3-35-22(30)14-21(15-4-6-18(27)7-5-15)29-25(32)19-12-17(13-20(28)23(19)26(29)33-2)24(31)16-8-10-34-11-9-16;7-6-4-2-1-3-5-6/h4-7,12-13,16,21,26H,3,8-11,14H2,1-2H3;1-5H/t21-,26+;/m0./s1. The summed E-state index contributed by atoms with van der Waals surface area (Å²) in [7, 11) is 1.36. The van der Waals surface area contributed by atoms with Gasteiger partial charge in [0.1, 0.15) is 5.82 Å². The Hall–Kier alpha value is -3.30. The van der Waals surface area contributed by atoms with Gasteiger partial charge in [0.05, 0.1) is 24.6 Å². The fourth-order valence-electron chi connectivity index (χ4n) is 5.16. The molecular formula is C32H32Cl2FNO6. The lowest BCUT2D eigenvalue weighted by atomic mass is 9.89. The number of carbonyl (C=O) groups is 3. The molecule has 0 saturated carbocycles. The molecule has 0 spiro atoms. The van der Waals surface area contributed by atoms with Gasteiger partial charge in [-0.3, -0.25) is 14.4 Å². The smallest absolute Gasteiger partial charge is 0.308 e. The van der Waals surface area contributed by atoms with Crippen molar-refractivity contribution in [3.63, 3.8) is 0 Å². The topological polar surface area (TPSA) is 82.1 Å². The Morgan fingerprint density at radius 1 is 1.02 bits per heavy atom. The van der Waals surface area contributed by atoms with E-state index in [1.54, 1.807) is 31.2 Å². The highest BCUT2D eigenvalue weighted by molar-refractivity contribution is 6.30. The van der Waals surface area contributed by atoms with Crippen LogP contribution in [0.15, 0.2) is 66.7 Å². The Labute approximate surface area is 254 Å². The zero-order valence-corrected chi connectivity index (χ0v) is 24.9. The summed E-state index contributed by atoms with van der Waals surface area (Å²) in [5.74, 6) is -2.24. The van der Waals surface area contributed by atoms with Crippen molar-refractivity contribution in [2.75, 3.05) is 26.9 Å². The molecule has 7 nitrogen and oxygen atoms in total. The molecule has 2 aliphatic rings. The van der Waals surface area contributed by atoms with Crippen LogP contribution in [0.1, 0.15) is 70.3 Å². The van der Waals surface area contributed by atoms with Crippen molar-refractivity contribution in [2.45, 2.75) is 38.5 Å². The number of hydrogen-bond donors (Lipinski definition) is 0. The van der Waals surface area contributed by atoms with Crippen LogP contribution in [0.5, 0.6) is 0 Å². The number of rotatable bonds is 8. The number of carbonyl (C=O) groups excluding carboxylic acids is 3. The van der Waals surface area contributed by atoms with Crippen molar-refractivity contribution in [3.8, 4) is 0 Å². The van der Waals surface area contributed by atoms with E-state index in [2.05, 4.69) is 0 Å². The first-order chi connectivity index (χ1) is 20.2. The highest BCUT2D eigenvalue weighted by Gasteiger charge is 2.45. The maximum Gasteiger partial charge on any atom is 0.308 e. The van der Waals surface area contributed by atoms with Crippen LogP contribution < -0.4 is 0 Å². The zero-order chi connectivity index (χ0) is 30.2. The molecule has 2 heterocycles. The van der Waals surface area contributed by atoms with Crippen molar-refractivity contribution in [2.24, 2.45) is 5.92 Å². The Kier molecular flexibility index (Phi) is 11.1. The van der Waals surface area contributed by atoms with Gasteiger partial charge in [0.2, 0.25) is 0 Å². The highest BCUT2D eigenvalue weighted by Crippen LogP contribution is 2.43. The highest BCUT2D eigenvalue weighted by atomic mass is 35.5. The molecule has 0 aliphatic carbocycles. The third-order valence-corrected chi connectivity index (χ3v) is 7.69. The third kappa shape index (κ3) is 7.36. The first kappa shape index (κ1) is 31.6. The van der Waals surface area contributed by atoms with Gasteiger partial charge in [-0.15, -0.1) is 0 Å². The largest absolute Gasteiger partial charge is 0.466 e. The average molecular weight is 617 g/mol. The van der Waals surface area contributed by atoms with Gasteiger partial charge in [0, 0.05) is 47.4 Å². The summed E-state index contributed by atoms with van der Waals surface area (Å²) >= 11 is 11.6. The van der Waals surface area contributed by atoms with Crippen LogP contribution in [0.2, 0.25) is 10.0 Å². The number of Topliss-reactive ketones (excluding diaryl/α,β-unsaturated/α-hetero) is 1. The Balaban J connectivity index is 0.000000507. The molecule has 222 valence electrons. The summed E-state index contributed by atoms with van der Waals surface area (Å²) in [4.78, 5) is 40.5. The van der Waals surface area contributed by atoms with Crippen molar-refractivity contribution in [3.05, 3.63) is 105 Å². The SMILES string of the molecule is CCOC(=O)C[C@@H](c1ccc(Cl)cc1)N1C(=O)c2cc(C(=O)C3CCOCC3)cc(F)c2[C@H]1OC.Clc1ccccc1. The Bertz CT molecular complexity index is 1400. The number of ether oxygens (including phenoxy) is 3. The second-order valence-electron chi connectivity index (χ2n) is 9.84. The molecule has 0 bridgehead atoms. The number of nitrogens with zero attached hydrogens (tertiary/aromatic N) is 1. The van der Waals surface area contributed by atoms with Gasteiger partial charge in [-0.05, 0) is 61.7 Å². The molecule has 1 fully saturated rings.